The van der Waals surface area contributed by atoms with Gasteiger partial charge < -0.3 is 14.6 Å². The van der Waals surface area contributed by atoms with Crippen LogP contribution in [0.1, 0.15) is 48.9 Å². The van der Waals surface area contributed by atoms with Gasteiger partial charge in [-0.05, 0) is 57.2 Å². The van der Waals surface area contributed by atoms with Crippen LogP contribution in [0.3, 0.4) is 0 Å². The van der Waals surface area contributed by atoms with Crippen molar-refractivity contribution >= 4 is 11.9 Å². The zero-order valence-corrected chi connectivity index (χ0v) is 13.7. The van der Waals surface area contributed by atoms with E-state index >= 15 is 0 Å². The predicted octanol–water partition coefficient (Wildman–Crippen LogP) is 3.10. The van der Waals surface area contributed by atoms with E-state index in [-0.39, 0.29) is 12.4 Å². The SMILES string of the molecule is CC(=O)Oc1c(C)c(C)c2c(c1C)CC[C@@](C)(CC(=O)O)O2. The second-order valence-corrected chi connectivity index (χ2v) is 6.23. The van der Waals surface area contributed by atoms with Crippen LogP contribution in [0.25, 0.3) is 0 Å². The summed E-state index contributed by atoms with van der Waals surface area (Å²) in [6.45, 7) is 8.91. The molecule has 1 heterocycles. The van der Waals surface area contributed by atoms with Gasteiger partial charge in [-0.15, -0.1) is 0 Å². The molecule has 120 valence electrons. The highest BCUT2D eigenvalue weighted by atomic mass is 16.5. The lowest BCUT2D eigenvalue weighted by molar-refractivity contribution is -0.141. The van der Waals surface area contributed by atoms with Crippen LogP contribution in [-0.2, 0) is 16.0 Å². The third kappa shape index (κ3) is 2.93. The van der Waals surface area contributed by atoms with E-state index in [1.807, 2.05) is 27.7 Å². The van der Waals surface area contributed by atoms with Gasteiger partial charge >= 0.3 is 11.9 Å². The Labute approximate surface area is 130 Å². The number of carboxylic acid groups (broad SMARTS) is 1. The molecule has 1 aromatic carbocycles. The van der Waals surface area contributed by atoms with E-state index in [9.17, 15) is 9.59 Å². The van der Waals surface area contributed by atoms with E-state index in [1.165, 1.54) is 6.92 Å². The number of carboxylic acids is 1. The number of fused-ring (bicyclic) bond motifs is 1. The highest BCUT2D eigenvalue weighted by Crippen LogP contribution is 2.44. The average Bonchev–Trinajstić information content (AvgIpc) is 2.39. The summed E-state index contributed by atoms with van der Waals surface area (Å²) in [6, 6.07) is 0. The van der Waals surface area contributed by atoms with Crippen molar-refractivity contribution in [2.45, 2.75) is 59.5 Å². The zero-order chi connectivity index (χ0) is 16.7. The number of hydrogen-bond donors (Lipinski definition) is 1. The molecule has 5 nitrogen and oxygen atoms in total. The molecule has 0 radical (unpaired) electrons. The van der Waals surface area contributed by atoms with E-state index in [4.69, 9.17) is 14.6 Å². The van der Waals surface area contributed by atoms with Crippen molar-refractivity contribution in [1.82, 2.24) is 0 Å². The summed E-state index contributed by atoms with van der Waals surface area (Å²) in [5.74, 6) is 0.113. The smallest absolute Gasteiger partial charge is 0.308 e. The van der Waals surface area contributed by atoms with Gasteiger partial charge in [-0.3, -0.25) is 9.59 Å². The van der Waals surface area contributed by atoms with Crippen molar-refractivity contribution in [3.8, 4) is 11.5 Å². The molecular weight excluding hydrogens is 284 g/mol. The number of esters is 1. The van der Waals surface area contributed by atoms with Gasteiger partial charge in [-0.1, -0.05) is 0 Å². The zero-order valence-electron chi connectivity index (χ0n) is 13.7. The molecule has 0 fully saturated rings. The van der Waals surface area contributed by atoms with Gasteiger partial charge in [0.15, 0.2) is 0 Å². The minimum Gasteiger partial charge on any atom is -0.486 e. The summed E-state index contributed by atoms with van der Waals surface area (Å²) in [6.07, 6.45) is 1.30. The number of carbonyl (C=O) groups excluding carboxylic acids is 1. The Morgan fingerprint density at radius 2 is 1.86 bits per heavy atom. The molecule has 1 aliphatic heterocycles. The van der Waals surface area contributed by atoms with E-state index in [0.717, 1.165) is 28.0 Å². The number of aliphatic carboxylic acids is 1. The number of hydrogen-bond acceptors (Lipinski definition) is 4. The molecule has 0 unspecified atom stereocenters. The third-order valence-corrected chi connectivity index (χ3v) is 4.33. The quantitative estimate of drug-likeness (QED) is 0.686. The highest BCUT2D eigenvalue weighted by molar-refractivity contribution is 5.72. The number of ether oxygens (including phenoxy) is 2. The lowest BCUT2D eigenvalue weighted by Gasteiger charge is -2.37. The summed E-state index contributed by atoms with van der Waals surface area (Å²) < 4.78 is 11.4. The first-order valence-corrected chi connectivity index (χ1v) is 7.36. The Morgan fingerprint density at radius 1 is 1.23 bits per heavy atom. The molecule has 1 aliphatic rings. The Balaban J connectivity index is 2.50. The number of benzene rings is 1. The maximum atomic E-state index is 11.3. The first-order valence-electron chi connectivity index (χ1n) is 7.36. The van der Waals surface area contributed by atoms with Crippen molar-refractivity contribution in [2.24, 2.45) is 0 Å². The Bertz CT molecular complexity index is 647. The standard InChI is InChI=1S/C17H22O5/c1-9-10(2)16-13(11(3)15(9)21-12(4)18)6-7-17(5,22-16)8-14(19)20/h6-8H2,1-5H3,(H,19,20)/t17-/m0/s1. The lowest BCUT2D eigenvalue weighted by atomic mass is 9.85. The number of rotatable bonds is 3. The Kier molecular flexibility index (Phi) is 4.18. The van der Waals surface area contributed by atoms with E-state index in [0.29, 0.717) is 18.6 Å². The molecule has 5 heteroatoms. The molecule has 1 atom stereocenters. The molecule has 22 heavy (non-hydrogen) atoms. The van der Waals surface area contributed by atoms with Crippen molar-refractivity contribution < 1.29 is 24.2 Å². The van der Waals surface area contributed by atoms with Crippen LogP contribution in [0, 0.1) is 20.8 Å². The van der Waals surface area contributed by atoms with Crippen LogP contribution in [-0.4, -0.2) is 22.6 Å². The second-order valence-electron chi connectivity index (χ2n) is 6.23. The molecule has 0 bridgehead atoms. The van der Waals surface area contributed by atoms with Crippen LogP contribution < -0.4 is 9.47 Å². The molecule has 1 N–H and O–H groups in total. The van der Waals surface area contributed by atoms with Crippen molar-refractivity contribution in [1.29, 1.82) is 0 Å². The van der Waals surface area contributed by atoms with Crippen molar-refractivity contribution in [3.63, 3.8) is 0 Å². The fourth-order valence-corrected chi connectivity index (χ4v) is 3.02. The van der Waals surface area contributed by atoms with E-state index < -0.39 is 11.6 Å². The first-order chi connectivity index (χ1) is 10.1. The third-order valence-electron chi connectivity index (χ3n) is 4.33. The molecule has 0 amide bonds. The van der Waals surface area contributed by atoms with Crippen LogP contribution in [0.2, 0.25) is 0 Å². The molecule has 0 aliphatic carbocycles. The summed E-state index contributed by atoms with van der Waals surface area (Å²) >= 11 is 0. The fraction of sp³-hybridized carbons (Fsp3) is 0.529. The summed E-state index contributed by atoms with van der Waals surface area (Å²) in [5, 5.41) is 9.06. The normalized spacial score (nSPS) is 20.0. The van der Waals surface area contributed by atoms with Gasteiger partial charge in [0.25, 0.3) is 0 Å². The van der Waals surface area contributed by atoms with Crippen molar-refractivity contribution in [2.75, 3.05) is 0 Å². The fourth-order valence-electron chi connectivity index (χ4n) is 3.02. The topological polar surface area (TPSA) is 72.8 Å². The lowest BCUT2D eigenvalue weighted by Crippen LogP contribution is -2.39. The molecule has 0 saturated carbocycles. The summed E-state index contributed by atoms with van der Waals surface area (Å²) in [4.78, 5) is 22.3. The Hall–Kier alpha value is -2.04. The molecule has 0 aromatic heterocycles. The largest absolute Gasteiger partial charge is 0.486 e. The maximum absolute atomic E-state index is 11.3. The first kappa shape index (κ1) is 16.3. The van der Waals surface area contributed by atoms with Gasteiger partial charge in [0.2, 0.25) is 0 Å². The van der Waals surface area contributed by atoms with Gasteiger partial charge in [0.05, 0.1) is 6.42 Å². The minimum atomic E-state index is -0.867. The van der Waals surface area contributed by atoms with Crippen LogP contribution in [0.4, 0.5) is 0 Å². The van der Waals surface area contributed by atoms with Crippen LogP contribution in [0.5, 0.6) is 11.5 Å². The van der Waals surface area contributed by atoms with E-state index in [1.54, 1.807) is 0 Å². The Morgan fingerprint density at radius 3 is 2.41 bits per heavy atom. The average molecular weight is 306 g/mol. The number of carbonyl (C=O) groups is 2. The predicted molar refractivity (Wildman–Crippen MR) is 81.6 cm³/mol. The molecule has 1 aromatic rings. The van der Waals surface area contributed by atoms with Gasteiger partial charge in [-0.2, -0.15) is 0 Å². The monoisotopic (exact) mass is 306 g/mol. The van der Waals surface area contributed by atoms with Crippen molar-refractivity contribution in [3.05, 3.63) is 22.3 Å². The molecular formula is C17H22O5. The van der Waals surface area contributed by atoms with Gasteiger partial charge in [0, 0.05) is 12.5 Å². The molecule has 0 saturated heterocycles. The minimum absolute atomic E-state index is 0.0321. The van der Waals surface area contributed by atoms with E-state index in [2.05, 4.69) is 0 Å². The highest BCUT2D eigenvalue weighted by Gasteiger charge is 2.36. The van der Waals surface area contributed by atoms with Gasteiger partial charge in [0.1, 0.15) is 17.1 Å². The molecule has 2 rings (SSSR count). The van der Waals surface area contributed by atoms with Gasteiger partial charge in [-0.25, -0.2) is 0 Å². The van der Waals surface area contributed by atoms with Crippen LogP contribution >= 0.6 is 0 Å². The summed E-state index contributed by atoms with van der Waals surface area (Å²) in [7, 11) is 0. The second kappa shape index (κ2) is 5.63. The molecule has 0 spiro atoms. The maximum Gasteiger partial charge on any atom is 0.308 e. The van der Waals surface area contributed by atoms with Crippen LogP contribution in [0.15, 0.2) is 0 Å². The summed E-state index contributed by atoms with van der Waals surface area (Å²) in [5.41, 5.74) is 2.94.